The van der Waals surface area contributed by atoms with E-state index in [2.05, 4.69) is 15.6 Å². The summed E-state index contributed by atoms with van der Waals surface area (Å²) < 4.78 is 10.9. The van der Waals surface area contributed by atoms with Crippen molar-refractivity contribution in [3.63, 3.8) is 0 Å². The Morgan fingerprint density at radius 2 is 1.78 bits per heavy atom. The molecule has 1 aliphatic rings. The van der Waals surface area contributed by atoms with Crippen molar-refractivity contribution in [1.29, 1.82) is 0 Å². The molecular weight excluding hydrogens is 588 g/mol. The number of aliphatic hydroxyl groups excluding tert-OH is 1. The molecule has 0 saturated carbocycles. The number of nitrogens with zero attached hydrogens (tertiary/aromatic N) is 2. The normalized spacial score (nSPS) is 17.6. The molecule has 3 N–H and O–H groups in total. The summed E-state index contributed by atoms with van der Waals surface area (Å²) in [6.45, 7) is 3.19. The second-order valence-electron chi connectivity index (χ2n) is 11.3. The summed E-state index contributed by atoms with van der Waals surface area (Å²) in [6.07, 6.45) is 0.143. The van der Waals surface area contributed by atoms with Gasteiger partial charge in [0.25, 0.3) is 11.8 Å². The lowest BCUT2D eigenvalue weighted by Gasteiger charge is -2.25. The number of rotatable bonds is 13. The highest BCUT2D eigenvalue weighted by atomic mass is 32.1. The zero-order valence-electron chi connectivity index (χ0n) is 25.8. The first-order chi connectivity index (χ1) is 21.8. The standard InChI is InChI=1S/C35H40N4O5S/c1-23-22-45-34(37-23)31-18-29(44-3)21-39(31)35(42)27-13-8-12-26(17-27)33(41)38-30(16-24-9-5-4-6-10-24)32(40)20-36-19-25-11-7-14-28(15-25)43-2/h4-15,17,22,29-32,36,40H,16,18-21H2,1-3H3,(H,38,41)/t29-,30+,31-,32-/m1/s1. The number of likely N-dealkylation sites (tertiary alicyclic amines) is 1. The third-order valence-corrected chi connectivity index (χ3v) is 9.11. The highest BCUT2D eigenvalue weighted by Crippen LogP contribution is 2.36. The lowest BCUT2D eigenvalue weighted by Crippen LogP contribution is -2.48. The largest absolute Gasteiger partial charge is 0.497 e. The van der Waals surface area contributed by atoms with Crippen molar-refractivity contribution in [2.24, 2.45) is 0 Å². The number of hydrogen-bond donors (Lipinski definition) is 3. The number of amides is 2. The van der Waals surface area contributed by atoms with Gasteiger partial charge in [-0.25, -0.2) is 4.98 Å². The Hall–Kier alpha value is -4.09. The van der Waals surface area contributed by atoms with E-state index in [0.717, 1.165) is 27.6 Å². The number of nitrogens with one attached hydrogen (secondary N) is 2. The van der Waals surface area contributed by atoms with E-state index in [-0.39, 0.29) is 30.5 Å². The van der Waals surface area contributed by atoms with Crippen molar-refractivity contribution in [3.8, 4) is 5.75 Å². The van der Waals surface area contributed by atoms with E-state index in [4.69, 9.17) is 9.47 Å². The van der Waals surface area contributed by atoms with Crippen molar-refractivity contribution in [1.82, 2.24) is 20.5 Å². The molecular formula is C35H40N4O5S. The molecule has 1 aromatic heterocycles. The average molecular weight is 629 g/mol. The molecule has 0 aliphatic carbocycles. The number of methoxy groups -OCH3 is 2. The van der Waals surface area contributed by atoms with Gasteiger partial charge in [0.2, 0.25) is 0 Å². The number of aromatic nitrogens is 1. The molecule has 2 amide bonds. The third-order valence-electron chi connectivity index (χ3n) is 8.05. The van der Waals surface area contributed by atoms with Gasteiger partial charge in [0, 0.05) is 55.4 Å². The van der Waals surface area contributed by atoms with E-state index in [1.54, 1.807) is 54.7 Å². The fourth-order valence-corrected chi connectivity index (χ4v) is 6.52. The van der Waals surface area contributed by atoms with E-state index in [1.807, 2.05) is 66.9 Å². The minimum absolute atomic E-state index is 0.0904. The first kappa shape index (κ1) is 32.3. The molecule has 1 fully saturated rings. The molecule has 2 heterocycles. The minimum atomic E-state index is -0.873. The first-order valence-electron chi connectivity index (χ1n) is 15.1. The van der Waals surface area contributed by atoms with Crippen molar-refractivity contribution >= 4 is 23.2 Å². The van der Waals surface area contributed by atoms with Crippen LogP contribution in [0.2, 0.25) is 0 Å². The van der Waals surface area contributed by atoms with Gasteiger partial charge in [-0.15, -0.1) is 11.3 Å². The van der Waals surface area contributed by atoms with Crippen LogP contribution < -0.4 is 15.4 Å². The number of aliphatic hydroxyl groups is 1. The quantitative estimate of drug-likeness (QED) is 0.199. The van der Waals surface area contributed by atoms with Crippen LogP contribution in [0.3, 0.4) is 0 Å². The molecule has 10 heteroatoms. The van der Waals surface area contributed by atoms with Gasteiger partial charge in [-0.2, -0.15) is 0 Å². The van der Waals surface area contributed by atoms with Crippen LogP contribution in [0.15, 0.2) is 84.2 Å². The molecule has 0 bridgehead atoms. The molecule has 0 unspecified atom stereocenters. The van der Waals surface area contributed by atoms with Crippen LogP contribution >= 0.6 is 11.3 Å². The third kappa shape index (κ3) is 8.34. The van der Waals surface area contributed by atoms with E-state index in [1.165, 1.54) is 0 Å². The summed E-state index contributed by atoms with van der Waals surface area (Å²) in [5.41, 5.74) is 3.69. The van der Waals surface area contributed by atoms with Crippen molar-refractivity contribution in [2.75, 3.05) is 27.3 Å². The van der Waals surface area contributed by atoms with Crippen molar-refractivity contribution in [2.45, 2.75) is 50.6 Å². The predicted octanol–water partition coefficient (Wildman–Crippen LogP) is 4.55. The lowest BCUT2D eigenvalue weighted by molar-refractivity contribution is 0.0688. The fraction of sp³-hybridized carbons (Fsp3) is 0.343. The van der Waals surface area contributed by atoms with Gasteiger partial charge in [0.1, 0.15) is 10.8 Å². The SMILES string of the molecule is COc1cccc(CNC[C@@H](O)[C@H](Cc2ccccc2)NC(=O)c2cccc(C(=O)N3C[C@H](OC)C[C@@H]3c3nc(C)cs3)c2)c1. The molecule has 236 valence electrons. The topological polar surface area (TPSA) is 113 Å². The number of thiazole rings is 1. The number of aryl methyl sites for hydroxylation is 1. The van der Waals surface area contributed by atoms with E-state index in [9.17, 15) is 14.7 Å². The van der Waals surface area contributed by atoms with Crippen molar-refractivity contribution in [3.05, 3.63) is 117 Å². The number of ether oxygens (including phenoxy) is 2. The zero-order valence-corrected chi connectivity index (χ0v) is 26.6. The highest BCUT2D eigenvalue weighted by Gasteiger charge is 2.38. The minimum Gasteiger partial charge on any atom is -0.497 e. The molecule has 9 nitrogen and oxygen atoms in total. The maximum Gasteiger partial charge on any atom is 0.254 e. The maximum atomic E-state index is 13.8. The van der Waals surface area contributed by atoms with Gasteiger partial charge < -0.3 is 30.1 Å². The lowest BCUT2D eigenvalue weighted by atomic mass is 10.00. The molecule has 5 rings (SSSR count). The first-order valence-corrected chi connectivity index (χ1v) is 15.9. The molecule has 0 spiro atoms. The number of carbonyl (C=O) groups excluding carboxylic acids is 2. The fourth-order valence-electron chi connectivity index (χ4n) is 5.60. The van der Waals surface area contributed by atoms with Gasteiger partial charge >= 0.3 is 0 Å². The summed E-state index contributed by atoms with van der Waals surface area (Å²) in [5.74, 6) is 0.229. The van der Waals surface area contributed by atoms with Crippen LogP contribution in [-0.2, 0) is 17.7 Å². The molecule has 45 heavy (non-hydrogen) atoms. The molecule has 4 atom stereocenters. The van der Waals surface area contributed by atoms with Crippen LogP contribution in [0.1, 0.15) is 55.0 Å². The van der Waals surface area contributed by atoms with Gasteiger partial charge in [0.05, 0.1) is 31.4 Å². The Morgan fingerprint density at radius 1 is 1.02 bits per heavy atom. The van der Waals surface area contributed by atoms with Crippen LogP contribution in [0.25, 0.3) is 0 Å². The Balaban J connectivity index is 1.29. The highest BCUT2D eigenvalue weighted by molar-refractivity contribution is 7.09. The molecule has 0 radical (unpaired) electrons. The summed E-state index contributed by atoms with van der Waals surface area (Å²) in [6, 6.07) is 23.4. The maximum absolute atomic E-state index is 13.8. The zero-order chi connectivity index (χ0) is 31.8. The van der Waals surface area contributed by atoms with Crippen molar-refractivity contribution < 1.29 is 24.2 Å². The van der Waals surface area contributed by atoms with E-state index < -0.39 is 12.1 Å². The summed E-state index contributed by atoms with van der Waals surface area (Å²) in [7, 11) is 3.28. The monoisotopic (exact) mass is 628 g/mol. The van der Waals surface area contributed by atoms with Crippen LogP contribution in [0.4, 0.5) is 0 Å². The van der Waals surface area contributed by atoms with Gasteiger partial charge in [0.15, 0.2) is 0 Å². The predicted molar refractivity (Wildman–Crippen MR) is 175 cm³/mol. The van der Waals surface area contributed by atoms with Gasteiger partial charge in [-0.05, 0) is 54.8 Å². The Labute approximate surface area is 268 Å². The van der Waals surface area contributed by atoms with E-state index >= 15 is 0 Å². The number of hydrogen-bond acceptors (Lipinski definition) is 8. The Kier molecular flexibility index (Phi) is 11.0. The second-order valence-corrected chi connectivity index (χ2v) is 12.2. The summed E-state index contributed by atoms with van der Waals surface area (Å²) in [5, 5.41) is 20.4. The molecule has 1 saturated heterocycles. The summed E-state index contributed by atoms with van der Waals surface area (Å²) in [4.78, 5) is 33.8. The average Bonchev–Trinajstić information content (AvgIpc) is 3.71. The smallest absolute Gasteiger partial charge is 0.254 e. The van der Waals surface area contributed by atoms with Crippen LogP contribution in [-0.4, -0.2) is 72.4 Å². The number of carbonyl (C=O) groups is 2. The van der Waals surface area contributed by atoms with E-state index in [0.29, 0.717) is 37.1 Å². The van der Waals surface area contributed by atoms with Crippen LogP contribution in [0.5, 0.6) is 5.75 Å². The summed E-state index contributed by atoms with van der Waals surface area (Å²) >= 11 is 1.54. The second kappa shape index (κ2) is 15.3. The molecule has 4 aromatic rings. The number of benzene rings is 3. The Bertz CT molecular complexity index is 1580. The van der Waals surface area contributed by atoms with Gasteiger partial charge in [-0.3, -0.25) is 9.59 Å². The van der Waals surface area contributed by atoms with Gasteiger partial charge in [-0.1, -0.05) is 48.5 Å². The Morgan fingerprint density at radius 3 is 2.51 bits per heavy atom. The molecule has 3 aromatic carbocycles. The van der Waals surface area contributed by atoms with Crippen LogP contribution in [0, 0.1) is 6.92 Å². The molecule has 1 aliphatic heterocycles.